The number of ether oxygens (including phenoxy) is 1. The zero-order valence-electron chi connectivity index (χ0n) is 14.4. The minimum Gasteiger partial charge on any atom is -0.381 e. The molecule has 1 aliphatic rings. The van der Waals surface area contributed by atoms with Gasteiger partial charge in [-0.15, -0.1) is 0 Å². The fourth-order valence-electron chi connectivity index (χ4n) is 3.26. The number of hydrogen-bond acceptors (Lipinski definition) is 2. The molecule has 0 radical (unpaired) electrons. The van der Waals surface area contributed by atoms with Gasteiger partial charge in [0.25, 0.3) is 0 Å². The Morgan fingerprint density at radius 2 is 1.91 bits per heavy atom. The van der Waals surface area contributed by atoms with Crippen molar-refractivity contribution in [2.24, 2.45) is 5.92 Å². The SMILES string of the molecule is Cc1ccc(C)n1-c1cc(C(C)(C)C)n(CC2CCOC2)n1. The molecular weight excluding hydrogens is 274 g/mol. The Morgan fingerprint density at radius 1 is 1.23 bits per heavy atom. The molecule has 1 fully saturated rings. The first kappa shape index (κ1) is 15.3. The van der Waals surface area contributed by atoms with E-state index in [1.54, 1.807) is 0 Å². The molecule has 4 heteroatoms. The van der Waals surface area contributed by atoms with Gasteiger partial charge >= 0.3 is 0 Å². The summed E-state index contributed by atoms with van der Waals surface area (Å²) in [6.45, 7) is 13.7. The van der Waals surface area contributed by atoms with Gasteiger partial charge in [0.15, 0.2) is 5.82 Å². The maximum Gasteiger partial charge on any atom is 0.159 e. The van der Waals surface area contributed by atoms with Crippen LogP contribution in [0.2, 0.25) is 0 Å². The van der Waals surface area contributed by atoms with Crippen LogP contribution in [0.3, 0.4) is 0 Å². The lowest BCUT2D eigenvalue weighted by Gasteiger charge is -2.21. The number of aromatic nitrogens is 3. The lowest BCUT2D eigenvalue weighted by molar-refractivity contribution is 0.181. The van der Waals surface area contributed by atoms with Gasteiger partial charge in [0.05, 0.1) is 6.61 Å². The van der Waals surface area contributed by atoms with E-state index in [4.69, 9.17) is 9.84 Å². The van der Waals surface area contributed by atoms with Crippen LogP contribution in [0.1, 0.15) is 44.3 Å². The lowest BCUT2D eigenvalue weighted by atomic mass is 9.92. The van der Waals surface area contributed by atoms with Crippen molar-refractivity contribution in [3.05, 3.63) is 35.3 Å². The summed E-state index contributed by atoms with van der Waals surface area (Å²) in [7, 11) is 0. The molecule has 1 unspecified atom stereocenters. The van der Waals surface area contributed by atoms with Crippen LogP contribution in [0.4, 0.5) is 0 Å². The first-order chi connectivity index (χ1) is 10.4. The van der Waals surface area contributed by atoms with Gasteiger partial charge in [0.2, 0.25) is 0 Å². The van der Waals surface area contributed by atoms with Crippen molar-refractivity contribution in [2.45, 2.75) is 53.0 Å². The second-order valence-electron chi connectivity index (χ2n) is 7.50. The quantitative estimate of drug-likeness (QED) is 0.867. The molecule has 2 aromatic rings. The van der Waals surface area contributed by atoms with E-state index in [1.807, 2.05) is 0 Å². The summed E-state index contributed by atoms with van der Waals surface area (Å²) in [5, 5.41) is 4.93. The molecule has 120 valence electrons. The van der Waals surface area contributed by atoms with E-state index in [0.29, 0.717) is 5.92 Å². The fraction of sp³-hybridized carbons (Fsp3) is 0.611. The molecule has 1 aliphatic heterocycles. The first-order valence-corrected chi connectivity index (χ1v) is 8.17. The van der Waals surface area contributed by atoms with Gasteiger partial charge in [-0.05, 0) is 32.4 Å². The van der Waals surface area contributed by atoms with Crippen LogP contribution in [0.5, 0.6) is 0 Å². The molecule has 3 rings (SSSR count). The van der Waals surface area contributed by atoms with Gasteiger partial charge in [-0.1, -0.05) is 20.8 Å². The maximum atomic E-state index is 5.53. The monoisotopic (exact) mass is 301 g/mol. The molecular formula is C18H27N3O. The predicted octanol–water partition coefficient (Wildman–Crippen LogP) is 3.62. The molecule has 0 aliphatic carbocycles. The average Bonchev–Trinajstić information content (AvgIpc) is 3.11. The molecule has 2 aromatic heterocycles. The molecule has 1 saturated heterocycles. The van der Waals surface area contributed by atoms with Crippen LogP contribution in [0.15, 0.2) is 18.2 Å². The highest BCUT2D eigenvalue weighted by molar-refractivity contribution is 5.34. The van der Waals surface area contributed by atoms with Crippen LogP contribution in [0, 0.1) is 19.8 Å². The van der Waals surface area contributed by atoms with E-state index in [1.165, 1.54) is 17.1 Å². The van der Waals surface area contributed by atoms with E-state index in [-0.39, 0.29) is 5.41 Å². The van der Waals surface area contributed by atoms with Gasteiger partial charge < -0.3 is 9.30 Å². The average molecular weight is 301 g/mol. The summed E-state index contributed by atoms with van der Waals surface area (Å²) in [5.74, 6) is 1.62. The van der Waals surface area contributed by atoms with Gasteiger partial charge in [-0.25, -0.2) is 0 Å². The third-order valence-corrected chi connectivity index (χ3v) is 4.49. The largest absolute Gasteiger partial charge is 0.381 e. The normalized spacial score (nSPS) is 19.0. The van der Waals surface area contributed by atoms with E-state index < -0.39 is 0 Å². The van der Waals surface area contributed by atoms with Gasteiger partial charge in [0, 0.05) is 47.6 Å². The summed E-state index contributed by atoms with van der Waals surface area (Å²) >= 11 is 0. The minimum absolute atomic E-state index is 0.0830. The van der Waals surface area contributed by atoms with Crippen LogP contribution in [0.25, 0.3) is 5.82 Å². The third-order valence-electron chi connectivity index (χ3n) is 4.49. The third kappa shape index (κ3) is 2.84. The van der Waals surface area contributed by atoms with Crippen molar-refractivity contribution in [3.8, 4) is 5.82 Å². The second-order valence-corrected chi connectivity index (χ2v) is 7.50. The maximum absolute atomic E-state index is 5.53. The summed E-state index contributed by atoms with van der Waals surface area (Å²) in [5.41, 5.74) is 3.83. The molecule has 0 spiro atoms. The zero-order valence-corrected chi connectivity index (χ0v) is 14.4. The molecule has 0 bridgehead atoms. The lowest BCUT2D eigenvalue weighted by Crippen LogP contribution is -2.21. The molecule has 4 nitrogen and oxygen atoms in total. The standard InChI is InChI=1S/C18H27N3O/c1-13-6-7-14(2)21(13)17-10-16(18(3,4)5)20(19-17)11-15-8-9-22-12-15/h6-7,10,15H,8-9,11-12H2,1-5H3. The highest BCUT2D eigenvalue weighted by atomic mass is 16.5. The Hall–Kier alpha value is -1.55. The number of aryl methyl sites for hydroxylation is 2. The van der Waals surface area contributed by atoms with Gasteiger partial charge in [-0.3, -0.25) is 4.68 Å². The van der Waals surface area contributed by atoms with Crippen molar-refractivity contribution in [1.82, 2.24) is 14.3 Å². The summed E-state index contributed by atoms with van der Waals surface area (Å²) < 4.78 is 9.96. The molecule has 1 atom stereocenters. The fourth-order valence-corrected chi connectivity index (χ4v) is 3.26. The Balaban J connectivity index is 2.01. The van der Waals surface area contributed by atoms with Crippen molar-refractivity contribution in [1.29, 1.82) is 0 Å². The highest BCUT2D eigenvalue weighted by Crippen LogP contribution is 2.27. The van der Waals surface area contributed by atoms with Crippen molar-refractivity contribution < 1.29 is 4.74 Å². The van der Waals surface area contributed by atoms with Crippen LogP contribution in [-0.4, -0.2) is 27.6 Å². The van der Waals surface area contributed by atoms with Crippen LogP contribution in [-0.2, 0) is 16.7 Å². The van der Waals surface area contributed by atoms with Gasteiger partial charge in [-0.2, -0.15) is 5.10 Å². The summed E-state index contributed by atoms with van der Waals surface area (Å²) in [6, 6.07) is 6.54. The van der Waals surface area contributed by atoms with Crippen molar-refractivity contribution in [3.63, 3.8) is 0 Å². The number of nitrogens with zero attached hydrogens (tertiary/aromatic N) is 3. The Labute approximate surface area is 133 Å². The number of hydrogen-bond donors (Lipinski definition) is 0. The molecule has 0 saturated carbocycles. The zero-order chi connectivity index (χ0) is 15.9. The predicted molar refractivity (Wildman–Crippen MR) is 88.7 cm³/mol. The Kier molecular flexibility index (Phi) is 3.89. The van der Waals surface area contributed by atoms with Gasteiger partial charge in [0.1, 0.15) is 0 Å². The summed E-state index contributed by atoms with van der Waals surface area (Å²) in [4.78, 5) is 0. The van der Waals surface area contributed by atoms with Crippen LogP contribution < -0.4 is 0 Å². The molecule has 0 amide bonds. The smallest absolute Gasteiger partial charge is 0.159 e. The molecule has 0 N–H and O–H groups in total. The highest BCUT2D eigenvalue weighted by Gasteiger charge is 2.25. The molecule has 0 aromatic carbocycles. The Bertz CT molecular complexity index is 635. The minimum atomic E-state index is 0.0830. The first-order valence-electron chi connectivity index (χ1n) is 8.17. The molecule has 3 heterocycles. The van der Waals surface area contributed by atoms with E-state index >= 15 is 0 Å². The topological polar surface area (TPSA) is 32.0 Å². The van der Waals surface area contributed by atoms with E-state index in [2.05, 4.69) is 62.1 Å². The number of rotatable bonds is 3. The van der Waals surface area contributed by atoms with E-state index in [9.17, 15) is 0 Å². The van der Waals surface area contributed by atoms with Crippen molar-refractivity contribution in [2.75, 3.05) is 13.2 Å². The van der Waals surface area contributed by atoms with E-state index in [0.717, 1.165) is 32.0 Å². The van der Waals surface area contributed by atoms with Crippen LogP contribution >= 0.6 is 0 Å². The summed E-state index contributed by atoms with van der Waals surface area (Å²) in [6.07, 6.45) is 1.14. The Morgan fingerprint density at radius 3 is 2.45 bits per heavy atom. The second kappa shape index (κ2) is 5.58. The molecule has 22 heavy (non-hydrogen) atoms. The van der Waals surface area contributed by atoms with Crippen molar-refractivity contribution >= 4 is 0 Å².